The Bertz CT molecular complexity index is 3000. The van der Waals surface area contributed by atoms with Gasteiger partial charge in [-0.25, -0.2) is 19.3 Å². The average Bonchev–Trinajstić information content (AvgIpc) is 3.92. The first-order valence-electron chi connectivity index (χ1n) is 21.4. The SMILES string of the molecule is CC(=O)O[C@@H](Cn1c(=O)c(-c2nnnn2C)nc2cc(C)c(C)cc21)[C@H](C)[C@@H](COCC#N)OC(C)=O.Cc1cc2nc(-c3nnnn3C)c(=O)n(C[C@H](O)[C@H](O)[C@H](O)COCC(=N)N)c2cc1C. The molecule has 26 nitrogen and oxygen atoms in total. The number of fused-ring (bicyclic) bond motifs is 2. The molecule has 0 aliphatic heterocycles. The van der Waals surface area contributed by atoms with E-state index in [1.165, 1.54) is 32.3 Å². The van der Waals surface area contributed by atoms with Crippen LogP contribution in [0.1, 0.15) is 43.0 Å². The van der Waals surface area contributed by atoms with E-state index in [4.69, 9.17) is 35.4 Å². The molecule has 6 aromatic rings. The van der Waals surface area contributed by atoms with E-state index >= 15 is 0 Å². The molecule has 4 aromatic heterocycles. The predicted octanol–water partition coefficient (Wildman–Crippen LogP) is -0.517. The fourth-order valence-corrected chi connectivity index (χ4v) is 7.12. The number of tetrazole rings is 2. The summed E-state index contributed by atoms with van der Waals surface area (Å²) >= 11 is 0. The maximum Gasteiger partial charge on any atom is 0.302 e. The summed E-state index contributed by atoms with van der Waals surface area (Å²) in [7, 11) is 3.17. The number of carbonyl (C=O) groups excluding carboxylic acids is 2. The third-order valence-electron chi connectivity index (χ3n) is 11.1. The van der Waals surface area contributed by atoms with Gasteiger partial charge in [0.05, 0.1) is 54.4 Å². The van der Waals surface area contributed by atoms with E-state index in [9.17, 15) is 34.5 Å². The molecule has 0 fully saturated rings. The summed E-state index contributed by atoms with van der Waals surface area (Å²) in [4.78, 5) is 59.8. The van der Waals surface area contributed by atoms with Crippen LogP contribution in [0.4, 0.5) is 0 Å². The standard InChI is InChI=1S/C24H29N7O6.C19H26N8O5/c1-13-9-18-19(10-14(13)2)31(24(34)22(26-18)23-27-28-29-30(23)6)11-20(36-16(4)32)15(3)21(37-17(5)33)12-35-8-7-25;1-9-4-11-12(5-10(9)2)27(19(31)16(22-11)18-23-24-25-26(18)3)6-13(28)17(30)14(29)7-32-8-15(20)21/h9-10,15,20-21H,8,11-12H2,1-6H3;4-5,13-14,17,28-30H,6-8H2,1-3H3,(H3,20,21)/t15-,20-,21+;13-,14+,17-/m00/s1. The Labute approximate surface area is 393 Å². The largest absolute Gasteiger partial charge is 0.460 e. The van der Waals surface area contributed by atoms with E-state index < -0.39 is 59.5 Å². The Morgan fingerprint density at radius 3 is 1.64 bits per heavy atom. The highest BCUT2D eigenvalue weighted by atomic mass is 16.6. The Balaban J connectivity index is 0.000000260. The summed E-state index contributed by atoms with van der Waals surface area (Å²) < 4.78 is 26.7. The highest BCUT2D eigenvalue weighted by Crippen LogP contribution is 2.24. The minimum absolute atomic E-state index is 0.0136. The summed E-state index contributed by atoms with van der Waals surface area (Å²) in [5, 5.41) is 69.4. The number of rotatable bonds is 19. The molecule has 0 amide bonds. The molecular weight excluding hydrogens is 903 g/mol. The lowest BCUT2D eigenvalue weighted by molar-refractivity contribution is -0.162. The van der Waals surface area contributed by atoms with Crippen LogP contribution < -0.4 is 16.9 Å². The number of nitriles is 1. The Kier molecular flexibility index (Phi) is 17.5. The third-order valence-corrected chi connectivity index (χ3v) is 11.1. The minimum atomic E-state index is -1.62. The number of aliphatic hydroxyl groups is 3. The maximum absolute atomic E-state index is 13.7. The van der Waals surface area contributed by atoms with Gasteiger partial charge in [0, 0.05) is 33.9 Å². The fourth-order valence-electron chi connectivity index (χ4n) is 7.12. The molecule has 368 valence electrons. The van der Waals surface area contributed by atoms with Gasteiger partial charge in [0.1, 0.15) is 49.6 Å². The number of esters is 2. The first kappa shape index (κ1) is 52.5. The number of nitrogens with one attached hydrogen (secondary N) is 1. The Morgan fingerprint density at radius 1 is 0.739 bits per heavy atom. The molecule has 0 radical (unpaired) electrons. The molecule has 0 bridgehead atoms. The van der Waals surface area contributed by atoms with Crippen molar-refractivity contribution in [2.75, 3.05) is 26.4 Å². The van der Waals surface area contributed by atoms with Crippen LogP contribution in [0.2, 0.25) is 0 Å². The number of ether oxygens (including phenoxy) is 4. The molecule has 6 N–H and O–H groups in total. The first-order chi connectivity index (χ1) is 32.6. The van der Waals surface area contributed by atoms with Crippen molar-refractivity contribution < 1.29 is 43.9 Å². The molecule has 0 saturated heterocycles. The van der Waals surface area contributed by atoms with Crippen LogP contribution in [-0.4, -0.2) is 150 Å². The van der Waals surface area contributed by atoms with Gasteiger partial charge in [0.25, 0.3) is 11.1 Å². The summed E-state index contributed by atoms with van der Waals surface area (Å²) in [6, 6.07) is 9.13. The zero-order chi connectivity index (χ0) is 50.9. The molecule has 0 aliphatic rings. The van der Waals surface area contributed by atoms with Gasteiger partial charge in [-0.1, -0.05) is 6.92 Å². The van der Waals surface area contributed by atoms with Crippen molar-refractivity contribution >= 4 is 39.8 Å². The van der Waals surface area contributed by atoms with E-state index in [2.05, 4.69) is 41.0 Å². The highest BCUT2D eigenvalue weighted by molar-refractivity contribution is 5.80. The van der Waals surface area contributed by atoms with Crippen molar-refractivity contribution in [3.05, 3.63) is 67.2 Å². The van der Waals surface area contributed by atoms with E-state index in [0.717, 1.165) is 22.3 Å². The van der Waals surface area contributed by atoms with E-state index in [-0.39, 0.29) is 68.4 Å². The molecule has 4 heterocycles. The van der Waals surface area contributed by atoms with Gasteiger partial charge in [0.2, 0.25) is 11.6 Å². The number of hydrogen-bond acceptors (Lipinski definition) is 21. The van der Waals surface area contributed by atoms with Crippen LogP contribution in [0.15, 0.2) is 33.9 Å². The molecule has 6 rings (SSSR count). The normalized spacial score (nSPS) is 14.0. The lowest BCUT2D eigenvalue weighted by Gasteiger charge is -2.30. The van der Waals surface area contributed by atoms with Gasteiger partial charge >= 0.3 is 11.9 Å². The third kappa shape index (κ3) is 12.8. The van der Waals surface area contributed by atoms with Gasteiger partial charge in [0.15, 0.2) is 11.4 Å². The van der Waals surface area contributed by atoms with Gasteiger partial charge in [-0.2, -0.15) is 5.26 Å². The minimum Gasteiger partial charge on any atom is -0.460 e. The predicted molar refractivity (Wildman–Crippen MR) is 244 cm³/mol. The van der Waals surface area contributed by atoms with Gasteiger partial charge < -0.3 is 49.1 Å². The van der Waals surface area contributed by atoms with Crippen molar-refractivity contribution in [3.63, 3.8) is 0 Å². The topological polar surface area (TPSA) is 362 Å². The van der Waals surface area contributed by atoms with Crippen LogP contribution in [0.5, 0.6) is 0 Å². The number of aryl methyl sites for hydroxylation is 6. The van der Waals surface area contributed by atoms with Gasteiger partial charge in [-0.05, 0) is 95.1 Å². The summed E-state index contributed by atoms with van der Waals surface area (Å²) in [6.45, 7) is 10.6. The average molecular weight is 958 g/mol. The quantitative estimate of drug-likeness (QED) is 0.0295. The van der Waals surface area contributed by atoms with E-state index in [1.807, 2.05) is 45.9 Å². The number of hydrogen-bond donors (Lipinski definition) is 5. The number of benzene rings is 2. The number of aliphatic hydroxyl groups excluding tert-OH is 3. The molecule has 6 atom stereocenters. The summed E-state index contributed by atoms with van der Waals surface area (Å²) in [5.41, 5.74) is 9.93. The van der Waals surface area contributed by atoms with Gasteiger partial charge in [-0.3, -0.25) is 24.6 Å². The molecule has 0 spiro atoms. The van der Waals surface area contributed by atoms with Crippen molar-refractivity contribution in [2.24, 2.45) is 25.7 Å². The number of aromatic nitrogens is 12. The van der Waals surface area contributed by atoms with Crippen molar-refractivity contribution in [2.45, 2.75) is 92.1 Å². The summed E-state index contributed by atoms with van der Waals surface area (Å²) in [6.07, 6.45) is -6.34. The van der Waals surface area contributed by atoms with Crippen molar-refractivity contribution in [1.29, 1.82) is 10.7 Å². The molecular formula is C43H55N15O11. The van der Waals surface area contributed by atoms with E-state index in [1.54, 1.807) is 33.2 Å². The van der Waals surface area contributed by atoms with Crippen LogP contribution in [0.3, 0.4) is 0 Å². The highest BCUT2D eigenvalue weighted by Gasteiger charge is 2.33. The van der Waals surface area contributed by atoms with Crippen LogP contribution in [-0.2, 0) is 55.7 Å². The second-order valence-corrected chi connectivity index (χ2v) is 16.3. The van der Waals surface area contributed by atoms with Crippen LogP contribution >= 0.6 is 0 Å². The fraction of sp³-hybridized carbons (Fsp3) is 0.488. The zero-order valence-corrected chi connectivity index (χ0v) is 39.5. The second kappa shape index (κ2) is 23.0. The van der Waals surface area contributed by atoms with Crippen molar-refractivity contribution in [3.8, 4) is 29.1 Å². The molecule has 0 unspecified atom stereocenters. The van der Waals surface area contributed by atoms with E-state index in [0.29, 0.717) is 22.1 Å². The van der Waals surface area contributed by atoms with Crippen LogP contribution in [0.25, 0.3) is 45.1 Å². The number of nitrogens with zero attached hydrogens (tertiary/aromatic N) is 13. The van der Waals surface area contributed by atoms with Crippen LogP contribution in [0, 0.1) is 50.4 Å². The molecule has 2 aromatic carbocycles. The van der Waals surface area contributed by atoms with Crippen molar-refractivity contribution in [1.82, 2.24) is 59.5 Å². The second-order valence-electron chi connectivity index (χ2n) is 16.3. The molecule has 69 heavy (non-hydrogen) atoms. The molecule has 26 heteroatoms. The first-order valence-corrected chi connectivity index (χ1v) is 21.4. The maximum atomic E-state index is 13.7. The number of carbonyl (C=O) groups is 2. The Hall–Kier alpha value is -7.44. The zero-order valence-electron chi connectivity index (χ0n) is 39.5. The van der Waals surface area contributed by atoms with Gasteiger partial charge in [-0.15, -0.1) is 10.2 Å². The lowest BCUT2D eigenvalue weighted by Crippen LogP contribution is -2.44. The summed E-state index contributed by atoms with van der Waals surface area (Å²) in [5.74, 6) is -1.65. The Morgan fingerprint density at radius 2 is 1.20 bits per heavy atom. The number of nitrogens with two attached hydrogens (primary N) is 1. The monoisotopic (exact) mass is 957 g/mol. The number of amidine groups is 1. The molecule has 0 aliphatic carbocycles. The smallest absolute Gasteiger partial charge is 0.302 e. The molecule has 0 saturated carbocycles. The lowest BCUT2D eigenvalue weighted by atomic mass is 9.97.